The lowest BCUT2D eigenvalue weighted by molar-refractivity contribution is 0.0997. The van der Waals surface area contributed by atoms with Crippen LogP contribution >= 0.6 is 22.9 Å². The van der Waals surface area contributed by atoms with E-state index in [4.69, 9.17) is 22.1 Å². The van der Waals surface area contributed by atoms with Crippen LogP contribution in [0, 0.1) is 0 Å². The molecular weight excluding hydrogens is 390 g/mol. The number of rotatable bonds is 6. The van der Waals surface area contributed by atoms with Crippen molar-refractivity contribution in [2.24, 2.45) is 5.73 Å². The molecule has 0 aliphatic heterocycles. The number of carbonyl (C=O) groups is 2. The van der Waals surface area contributed by atoms with Gasteiger partial charge in [0.1, 0.15) is 15.9 Å². The molecule has 10 heteroatoms. The van der Waals surface area contributed by atoms with E-state index in [0.29, 0.717) is 27.3 Å². The van der Waals surface area contributed by atoms with Crippen LogP contribution in [0.15, 0.2) is 42.6 Å². The highest BCUT2D eigenvalue weighted by Gasteiger charge is 2.19. The maximum absolute atomic E-state index is 12.4. The predicted octanol–water partition coefficient (Wildman–Crippen LogP) is 3.29. The second-order valence-corrected chi connectivity index (χ2v) is 6.62. The van der Waals surface area contributed by atoms with Crippen LogP contribution in [0.4, 0.5) is 15.8 Å². The van der Waals surface area contributed by atoms with Crippen LogP contribution in [-0.2, 0) is 0 Å². The normalized spacial score (nSPS) is 10.3. The molecule has 3 rings (SSSR count). The van der Waals surface area contributed by atoms with Gasteiger partial charge in [0.05, 0.1) is 7.11 Å². The molecule has 8 nitrogen and oxygen atoms in total. The molecule has 1 aromatic carbocycles. The average molecular weight is 404 g/mol. The molecule has 0 saturated heterocycles. The van der Waals surface area contributed by atoms with Gasteiger partial charge in [0.25, 0.3) is 11.8 Å². The lowest BCUT2D eigenvalue weighted by Crippen LogP contribution is -2.17. The van der Waals surface area contributed by atoms with E-state index in [2.05, 4.69) is 20.6 Å². The summed E-state index contributed by atoms with van der Waals surface area (Å²) in [6.07, 6.45) is 1.53. The number of hydrogen-bond acceptors (Lipinski definition) is 7. The summed E-state index contributed by atoms with van der Waals surface area (Å²) in [4.78, 5) is 32.1. The van der Waals surface area contributed by atoms with Gasteiger partial charge in [0.2, 0.25) is 0 Å². The van der Waals surface area contributed by atoms with Crippen LogP contribution in [0.2, 0.25) is 5.15 Å². The number of nitrogens with zero attached hydrogens (tertiary/aromatic N) is 2. The minimum absolute atomic E-state index is 0.0375. The van der Waals surface area contributed by atoms with E-state index in [0.717, 1.165) is 11.3 Å². The number of methoxy groups -OCH3 is 1. The first kappa shape index (κ1) is 18.6. The molecule has 0 aliphatic carbocycles. The minimum atomic E-state index is -0.753. The van der Waals surface area contributed by atoms with Gasteiger partial charge in [-0.1, -0.05) is 22.9 Å². The standard InChI is InChI=1S/C17H14ClN5O3S/c1-26-11-4-2-9(3-5-11)15(25)23-16-13(14(19)24)22-17(27-16)21-10-6-7-20-12(18)8-10/h2-8H,1H3,(H2,19,24)(H,23,25)(H,20,21,22). The van der Waals surface area contributed by atoms with Crippen molar-refractivity contribution < 1.29 is 14.3 Å². The smallest absolute Gasteiger partial charge is 0.270 e. The summed E-state index contributed by atoms with van der Waals surface area (Å²) < 4.78 is 5.06. The number of aromatic nitrogens is 2. The monoisotopic (exact) mass is 403 g/mol. The van der Waals surface area contributed by atoms with Crippen molar-refractivity contribution in [3.8, 4) is 5.75 Å². The molecule has 138 valence electrons. The molecule has 3 aromatic rings. The van der Waals surface area contributed by atoms with Crippen molar-refractivity contribution in [1.82, 2.24) is 9.97 Å². The molecule has 4 N–H and O–H groups in total. The Morgan fingerprint density at radius 2 is 1.96 bits per heavy atom. The Morgan fingerprint density at radius 1 is 1.22 bits per heavy atom. The topological polar surface area (TPSA) is 119 Å². The van der Waals surface area contributed by atoms with Crippen molar-refractivity contribution >= 4 is 50.6 Å². The Balaban J connectivity index is 1.82. The molecule has 2 amide bonds. The molecule has 0 saturated carbocycles. The number of carbonyl (C=O) groups excluding carboxylic acids is 2. The molecule has 0 bridgehead atoms. The average Bonchev–Trinajstić information content (AvgIpc) is 3.04. The fourth-order valence-corrected chi connectivity index (χ4v) is 3.21. The van der Waals surface area contributed by atoms with Crippen molar-refractivity contribution in [1.29, 1.82) is 0 Å². The van der Waals surface area contributed by atoms with E-state index >= 15 is 0 Å². The van der Waals surface area contributed by atoms with Gasteiger partial charge in [-0.25, -0.2) is 9.97 Å². The third-order valence-corrected chi connectivity index (χ3v) is 4.51. The van der Waals surface area contributed by atoms with Gasteiger partial charge in [-0.2, -0.15) is 0 Å². The van der Waals surface area contributed by atoms with Crippen LogP contribution in [0.3, 0.4) is 0 Å². The summed E-state index contributed by atoms with van der Waals surface area (Å²) in [6, 6.07) is 9.83. The number of benzene rings is 1. The van der Waals surface area contributed by atoms with Crippen molar-refractivity contribution in [3.05, 3.63) is 59.0 Å². The van der Waals surface area contributed by atoms with E-state index in [1.807, 2.05) is 0 Å². The first-order valence-corrected chi connectivity index (χ1v) is 8.80. The molecular formula is C17H14ClN5O3S. The lowest BCUT2D eigenvalue weighted by Gasteiger charge is -2.05. The van der Waals surface area contributed by atoms with Gasteiger partial charge in [-0.15, -0.1) is 0 Å². The number of primary amides is 1. The third-order valence-electron chi connectivity index (χ3n) is 3.42. The number of halogens is 1. The van der Waals surface area contributed by atoms with Crippen LogP contribution in [0.1, 0.15) is 20.8 Å². The van der Waals surface area contributed by atoms with Crippen molar-refractivity contribution in [2.75, 3.05) is 17.7 Å². The molecule has 0 atom stereocenters. The fraction of sp³-hybridized carbons (Fsp3) is 0.0588. The summed E-state index contributed by atoms with van der Waals surface area (Å²) in [5.41, 5.74) is 6.37. The summed E-state index contributed by atoms with van der Waals surface area (Å²) in [7, 11) is 1.54. The number of pyridine rings is 1. The first-order chi connectivity index (χ1) is 13.0. The SMILES string of the molecule is COc1ccc(C(=O)Nc2sc(Nc3ccnc(Cl)c3)nc2C(N)=O)cc1. The van der Waals surface area contributed by atoms with Gasteiger partial charge in [0, 0.05) is 17.4 Å². The number of hydrogen-bond donors (Lipinski definition) is 3. The molecule has 0 radical (unpaired) electrons. The zero-order valence-electron chi connectivity index (χ0n) is 14.0. The molecule has 2 heterocycles. The number of nitrogens with two attached hydrogens (primary N) is 1. The lowest BCUT2D eigenvalue weighted by atomic mass is 10.2. The summed E-state index contributed by atoms with van der Waals surface area (Å²) in [6.45, 7) is 0. The fourth-order valence-electron chi connectivity index (χ4n) is 2.15. The second kappa shape index (κ2) is 8.02. The molecule has 0 fully saturated rings. The highest BCUT2D eigenvalue weighted by molar-refractivity contribution is 7.20. The number of thiazole rings is 1. The Bertz CT molecular complexity index is 990. The van der Waals surface area contributed by atoms with E-state index < -0.39 is 11.8 Å². The predicted molar refractivity (Wildman–Crippen MR) is 104 cm³/mol. The quantitative estimate of drug-likeness (QED) is 0.543. The summed E-state index contributed by atoms with van der Waals surface area (Å²) in [5, 5.41) is 6.57. The van der Waals surface area contributed by atoms with Gasteiger partial charge in [-0.05, 0) is 36.4 Å². The van der Waals surface area contributed by atoms with Crippen LogP contribution in [0.25, 0.3) is 0 Å². The summed E-state index contributed by atoms with van der Waals surface area (Å²) >= 11 is 6.92. The van der Waals surface area contributed by atoms with E-state index in [1.165, 1.54) is 13.3 Å². The molecule has 0 unspecified atom stereocenters. The third kappa shape index (κ3) is 4.52. The Morgan fingerprint density at radius 3 is 2.59 bits per heavy atom. The Hall–Kier alpha value is -3.17. The second-order valence-electron chi connectivity index (χ2n) is 5.24. The Labute approximate surface area is 163 Å². The zero-order chi connectivity index (χ0) is 19.4. The minimum Gasteiger partial charge on any atom is -0.497 e. The maximum atomic E-state index is 12.4. The number of anilines is 3. The maximum Gasteiger partial charge on any atom is 0.270 e. The number of ether oxygens (including phenoxy) is 1. The van der Waals surface area contributed by atoms with Crippen molar-refractivity contribution in [3.63, 3.8) is 0 Å². The largest absolute Gasteiger partial charge is 0.497 e. The Kier molecular flexibility index (Phi) is 5.53. The number of amides is 2. The van der Waals surface area contributed by atoms with Gasteiger partial charge in [0.15, 0.2) is 10.8 Å². The number of nitrogens with one attached hydrogen (secondary N) is 2. The van der Waals surface area contributed by atoms with E-state index in [1.54, 1.807) is 36.4 Å². The molecule has 27 heavy (non-hydrogen) atoms. The highest BCUT2D eigenvalue weighted by atomic mass is 35.5. The first-order valence-electron chi connectivity index (χ1n) is 7.61. The van der Waals surface area contributed by atoms with Gasteiger partial charge >= 0.3 is 0 Å². The van der Waals surface area contributed by atoms with E-state index in [-0.39, 0.29) is 10.7 Å². The van der Waals surface area contributed by atoms with Crippen LogP contribution in [0.5, 0.6) is 5.75 Å². The van der Waals surface area contributed by atoms with Crippen molar-refractivity contribution in [2.45, 2.75) is 0 Å². The van der Waals surface area contributed by atoms with Crippen LogP contribution in [-0.4, -0.2) is 28.9 Å². The molecule has 0 aliphatic rings. The molecule has 2 aromatic heterocycles. The van der Waals surface area contributed by atoms with Gasteiger partial charge < -0.3 is 21.1 Å². The highest BCUT2D eigenvalue weighted by Crippen LogP contribution is 2.31. The van der Waals surface area contributed by atoms with Crippen LogP contribution < -0.4 is 21.1 Å². The van der Waals surface area contributed by atoms with E-state index in [9.17, 15) is 9.59 Å². The molecule has 0 spiro atoms. The summed E-state index contributed by atoms with van der Waals surface area (Å²) in [5.74, 6) is -0.524. The van der Waals surface area contributed by atoms with Gasteiger partial charge in [-0.3, -0.25) is 9.59 Å². The zero-order valence-corrected chi connectivity index (χ0v) is 15.6.